The standard InChI is InChI=1S/C12H20N2O5S/c1-12(10(15)16)4-5-14(8-12)11(17)13-9-3-2-6-20(18,19)7-9/h9H,2-8H2,1H3,(H,13,17)(H,15,16). The molecule has 0 aromatic carbocycles. The minimum Gasteiger partial charge on any atom is -0.481 e. The van der Waals surface area contributed by atoms with Crippen molar-refractivity contribution in [2.24, 2.45) is 5.41 Å². The maximum absolute atomic E-state index is 12.1. The van der Waals surface area contributed by atoms with Gasteiger partial charge in [0, 0.05) is 19.1 Å². The maximum atomic E-state index is 12.1. The van der Waals surface area contributed by atoms with Gasteiger partial charge in [0.2, 0.25) is 0 Å². The highest BCUT2D eigenvalue weighted by atomic mass is 32.2. The van der Waals surface area contributed by atoms with E-state index in [1.54, 1.807) is 6.92 Å². The van der Waals surface area contributed by atoms with Gasteiger partial charge >= 0.3 is 12.0 Å². The number of sulfone groups is 1. The average molecular weight is 304 g/mol. The van der Waals surface area contributed by atoms with E-state index in [2.05, 4.69) is 5.32 Å². The predicted molar refractivity (Wildman–Crippen MR) is 72.1 cm³/mol. The third kappa shape index (κ3) is 3.23. The van der Waals surface area contributed by atoms with E-state index in [9.17, 15) is 18.0 Å². The summed E-state index contributed by atoms with van der Waals surface area (Å²) in [6, 6.07) is -0.727. The Morgan fingerprint density at radius 3 is 2.65 bits per heavy atom. The van der Waals surface area contributed by atoms with E-state index in [-0.39, 0.29) is 30.1 Å². The highest BCUT2D eigenvalue weighted by Gasteiger charge is 2.42. The van der Waals surface area contributed by atoms with Crippen molar-refractivity contribution >= 4 is 21.8 Å². The molecule has 0 aliphatic carbocycles. The van der Waals surface area contributed by atoms with Crippen LogP contribution in [-0.2, 0) is 14.6 Å². The molecule has 2 fully saturated rings. The first-order valence-electron chi connectivity index (χ1n) is 6.71. The summed E-state index contributed by atoms with van der Waals surface area (Å²) in [5, 5.41) is 11.8. The number of rotatable bonds is 2. The molecule has 0 saturated carbocycles. The van der Waals surface area contributed by atoms with Crippen molar-refractivity contribution in [3.8, 4) is 0 Å². The summed E-state index contributed by atoms with van der Waals surface area (Å²) < 4.78 is 23.0. The summed E-state index contributed by atoms with van der Waals surface area (Å²) in [7, 11) is -3.06. The molecule has 2 heterocycles. The van der Waals surface area contributed by atoms with E-state index in [0.29, 0.717) is 25.8 Å². The molecule has 0 spiro atoms. The summed E-state index contributed by atoms with van der Waals surface area (Å²) in [6.07, 6.45) is 1.62. The largest absolute Gasteiger partial charge is 0.481 e. The van der Waals surface area contributed by atoms with Crippen LogP contribution in [0.3, 0.4) is 0 Å². The number of nitrogens with zero attached hydrogens (tertiary/aromatic N) is 1. The topological polar surface area (TPSA) is 104 Å². The van der Waals surface area contributed by atoms with Crippen molar-refractivity contribution in [3.05, 3.63) is 0 Å². The number of urea groups is 1. The number of hydrogen-bond donors (Lipinski definition) is 2. The second-order valence-electron chi connectivity index (χ2n) is 5.94. The number of likely N-dealkylation sites (tertiary alicyclic amines) is 1. The molecule has 2 aliphatic rings. The van der Waals surface area contributed by atoms with Crippen molar-refractivity contribution in [2.75, 3.05) is 24.6 Å². The van der Waals surface area contributed by atoms with Crippen LogP contribution in [-0.4, -0.2) is 61.1 Å². The Balaban J connectivity index is 1.92. The van der Waals surface area contributed by atoms with Gasteiger partial charge < -0.3 is 15.3 Å². The maximum Gasteiger partial charge on any atom is 0.317 e. The van der Waals surface area contributed by atoms with Crippen molar-refractivity contribution in [1.82, 2.24) is 10.2 Å². The Hall–Kier alpha value is -1.31. The smallest absolute Gasteiger partial charge is 0.317 e. The van der Waals surface area contributed by atoms with Gasteiger partial charge in [0.15, 0.2) is 9.84 Å². The SMILES string of the molecule is CC1(C(=O)O)CCN(C(=O)NC2CCCS(=O)(=O)C2)C1. The van der Waals surface area contributed by atoms with Gasteiger partial charge in [0.1, 0.15) is 0 Å². The number of carboxylic acid groups (broad SMARTS) is 1. The van der Waals surface area contributed by atoms with Crippen LogP contribution >= 0.6 is 0 Å². The van der Waals surface area contributed by atoms with Gasteiger partial charge in [-0.05, 0) is 26.2 Å². The number of amides is 2. The van der Waals surface area contributed by atoms with E-state index < -0.39 is 21.2 Å². The molecule has 20 heavy (non-hydrogen) atoms. The lowest BCUT2D eigenvalue weighted by Gasteiger charge is -2.26. The van der Waals surface area contributed by atoms with E-state index in [4.69, 9.17) is 5.11 Å². The molecular weight excluding hydrogens is 284 g/mol. The summed E-state index contributed by atoms with van der Waals surface area (Å²) in [5.41, 5.74) is -0.907. The lowest BCUT2D eigenvalue weighted by Crippen LogP contribution is -2.49. The van der Waals surface area contributed by atoms with Gasteiger partial charge in [-0.15, -0.1) is 0 Å². The second-order valence-corrected chi connectivity index (χ2v) is 8.17. The van der Waals surface area contributed by atoms with E-state index in [1.165, 1.54) is 4.90 Å². The Morgan fingerprint density at radius 2 is 2.10 bits per heavy atom. The molecule has 114 valence electrons. The molecule has 0 bridgehead atoms. The number of carboxylic acids is 1. The lowest BCUT2D eigenvalue weighted by atomic mass is 9.90. The van der Waals surface area contributed by atoms with Crippen LogP contribution in [0.2, 0.25) is 0 Å². The third-order valence-electron chi connectivity index (χ3n) is 4.07. The number of hydrogen-bond acceptors (Lipinski definition) is 4. The van der Waals surface area contributed by atoms with Gasteiger partial charge in [0.05, 0.1) is 16.9 Å². The van der Waals surface area contributed by atoms with Crippen molar-refractivity contribution in [3.63, 3.8) is 0 Å². The number of carbonyl (C=O) groups excluding carboxylic acids is 1. The van der Waals surface area contributed by atoms with Crippen LogP contribution < -0.4 is 5.32 Å². The Morgan fingerprint density at radius 1 is 1.40 bits per heavy atom. The van der Waals surface area contributed by atoms with E-state index >= 15 is 0 Å². The Bertz CT molecular complexity index is 518. The van der Waals surface area contributed by atoms with Crippen LogP contribution in [0.5, 0.6) is 0 Å². The molecule has 0 aromatic heterocycles. The molecule has 2 saturated heterocycles. The average Bonchev–Trinajstić information content (AvgIpc) is 2.72. The molecule has 2 aliphatic heterocycles. The van der Waals surface area contributed by atoms with E-state index in [1.807, 2.05) is 0 Å². The number of nitrogens with one attached hydrogen (secondary N) is 1. The van der Waals surface area contributed by atoms with Gasteiger partial charge in [-0.25, -0.2) is 13.2 Å². The first-order valence-corrected chi connectivity index (χ1v) is 8.53. The molecule has 0 radical (unpaired) electrons. The molecular formula is C12H20N2O5S. The second kappa shape index (κ2) is 5.23. The normalized spacial score (nSPS) is 32.9. The summed E-state index contributed by atoms with van der Waals surface area (Å²) in [6.45, 7) is 2.16. The fraction of sp³-hybridized carbons (Fsp3) is 0.833. The molecule has 2 unspecified atom stereocenters. The monoisotopic (exact) mass is 304 g/mol. The molecule has 2 atom stereocenters. The molecule has 2 N–H and O–H groups in total. The zero-order chi connectivity index (χ0) is 15.0. The predicted octanol–water partition coefficient (Wildman–Crippen LogP) is 0.0698. The molecule has 0 aromatic rings. The molecule has 2 amide bonds. The quantitative estimate of drug-likeness (QED) is 0.751. The van der Waals surface area contributed by atoms with E-state index in [0.717, 1.165) is 0 Å². The Labute approximate surface area is 118 Å². The minimum absolute atomic E-state index is 0.0250. The van der Waals surface area contributed by atoms with Gasteiger partial charge in [-0.3, -0.25) is 4.79 Å². The van der Waals surface area contributed by atoms with Crippen LogP contribution in [0.4, 0.5) is 4.79 Å². The summed E-state index contributed by atoms with van der Waals surface area (Å²) >= 11 is 0. The zero-order valence-corrected chi connectivity index (χ0v) is 12.3. The molecule has 2 rings (SSSR count). The van der Waals surface area contributed by atoms with Gasteiger partial charge in [0.25, 0.3) is 0 Å². The van der Waals surface area contributed by atoms with Crippen molar-refractivity contribution in [2.45, 2.75) is 32.2 Å². The highest BCUT2D eigenvalue weighted by Crippen LogP contribution is 2.30. The Kier molecular flexibility index (Phi) is 3.95. The number of aliphatic carboxylic acids is 1. The first-order chi connectivity index (χ1) is 9.22. The minimum atomic E-state index is -3.06. The summed E-state index contributed by atoms with van der Waals surface area (Å²) in [4.78, 5) is 24.6. The van der Waals surface area contributed by atoms with Crippen molar-refractivity contribution < 1.29 is 23.1 Å². The van der Waals surface area contributed by atoms with Crippen LogP contribution in [0.15, 0.2) is 0 Å². The number of carbonyl (C=O) groups is 2. The highest BCUT2D eigenvalue weighted by molar-refractivity contribution is 7.91. The van der Waals surface area contributed by atoms with Crippen LogP contribution in [0.25, 0.3) is 0 Å². The molecule has 7 nitrogen and oxygen atoms in total. The fourth-order valence-corrected chi connectivity index (χ4v) is 4.35. The zero-order valence-electron chi connectivity index (χ0n) is 11.5. The van der Waals surface area contributed by atoms with Gasteiger partial charge in [-0.1, -0.05) is 0 Å². The first kappa shape index (κ1) is 15.1. The van der Waals surface area contributed by atoms with Gasteiger partial charge in [-0.2, -0.15) is 0 Å². The molecule has 8 heteroatoms. The third-order valence-corrected chi connectivity index (χ3v) is 5.89. The van der Waals surface area contributed by atoms with Crippen LogP contribution in [0.1, 0.15) is 26.2 Å². The summed E-state index contributed by atoms with van der Waals surface area (Å²) in [5.74, 6) is -0.754. The fourth-order valence-electron chi connectivity index (χ4n) is 2.71. The lowest BCUT2D eigenvalue weighted by molar-refractivity contribution is -0.147. The van der Waals surface area contributed by atoms with Crippen LogP contribution in [0, 0.1) is 5.41 Å². The van der Waals surface area contributed by atoms with Crippen molar-refractivity contribution in [1.29, 1.82) is 0 Å².